The minimum absolute atomic E-state index is 0.453. The summed E-state index contributed by atoms with van der Waals surface area (Å²) in [5.74, 6) is 0.666. The lowest BCUT2D eigenvalue weighted by Gasteiger charge is -2.30. The van der Waals surface area contributed by atoms with Crippen molar-refractivity contribution in [2.75, 3.05) is 0 Å². The Morgan fingerprint density at radius 3 is 1.50 bits per heavy atom. The Labute approximate surface area is 395 Å². The van der Waals surface area contributed by atoms with Gasteiger partial charge in [-0.1, -0.05) is 218 Å². The van der Waals surface area contributed by atoms with E-state index in [2.05, 4.69) is 181 Å². The zero-order valence-electron chi connectivity index (χ0n) is 37.0. The number of benzene rings is 9. The van der Waals surface area contributed by atoms with Crippen molar-refractivity contribution in [3.63, 3.8) is 0 Å². The van der Waals surface area contributed by atoms with Gasteiger partial charge in [-0.3, -0.25) is 5.41 Å². The van der Waals surface area contributed by atoms with Crippen molar-refractivity contribution in [1.82, 2.24) is 15.3 Å². The first kappa shape index (κ1) is 39.4. The molecule has 0 atom stereocenters. The second-order valence-corrected chi connectivity index (χ2v) is 17.7. The molecule has 10 aromatic rings. The fourth-order valence-electron chi connectivity index (χ4n) is 10.9. The third kappa shape index (κ3) is 6.19. The van der Waals surface area contributed by atoms with Crippen LogP contribution in [0.15, 0.2) is 237 Å². The molecule has 1 spiro atoms. The lowest BCUT2D eigenvalue weighted by molar-refractivity contribution is 0.794. The fourth-order valence-corrected chi connectivity index (χ4v) is 10.9. The molecule has 13 rings (SSSR count). The van der Waals surface area contributed by atoms with Gasteiger partial charge in [-0.15, -0.1) is 0 Å². The average molecular weight is 867 g/mol. The Balaban J connectivity index is 0.963. The predicted molar refractivity (Wildman–Crippen MR) is 279 cm³/mol. The molecule has 0 amide bonds. The maximum absolute atomic E-state index is 9.66. The highest BCUT2D eigenvalue weighted by atomic mass is 14.9. The molecular formula is C64H42N4. The van der Waals surface area contributed by atoms with Gasteiger partial charge in [-0.2, -0.15) is 0 Å². The summed E-state index contributed by atoms with van der Waals surface area (Å²) >= 11 is 0. The van der Waals surface area contributed by atoms with Crippen LogP contribution in [0.2, 0.25) is 0 Å². The summed E-state index contributed by atoms with van der Waals surface area (Å²) in [6.45, 7) is 0. The van der Waals surface area contributed by atoms with Crippen LogP contribution in [0.25, 0.3) is 79.2 Å². The second-order valence-electron chi connectivity index (χ2n) is 17.7. The Hall–Kier alpha value is -8.99. The van der Waals surface area contributed by atoms with E-state index in [1.165, 1.54) is 44.5 Å². The maximum atomic E-state index is 9.66. The summed E-state index contributed by atoms with van der Waals surface area (Å²) in [6, 6.07) is 83.5. The van der Waals surface area contributed by atoms with Crippen molar-refractivity contribution >= 4 is 28.8 Å². The van der Waals surface area contributed by atoms with Gasteiger partial charge < -0.3 is 5.32 Å². The van der Waals surface area contributed by atoms with Crippen LogP contribution in [0.5, 0.6) is 0 Å². The van der Waals surface area contributed by atoms with E-state index in [-0.39, 0.29) is 0 Å². The van der Waals surface area contributed by atoms with Crippen molar-refractivity contribution in [2.24, 2.45) is 0 Å². The normalized spacial score (nSPS) is 14.1. The van der Waals surface area contributed by atoms with Gasteiger partial charge in [-0.25, -0.2) is 9.97 Å². The second kappa shape index (κ2) is 15.9. The molecule has 0 radical (unpaired) electrons. The van der Waals surface area contributed by atoms with Crippen molar-refractivity contribution < 1.29 is 0 Å². The number of rotatable bonds is 7. The first-order valence-corrected chi connectivity index (χ1v) is 23.1. The Kier molecular flexibility index (Phi) is 9.19. The third-order valence-electron chi connectivity index (χ3n) is 13.9. The molecule has 0 saturated carbocycles. The van der Waals surface area contributed by atoms with Crippen molar-refractivity contribution in [2.45, 2.75) is 5.41 Å². The van der Waals surface area contributed by atoms with Crippen LogP contribution >= 0.6 is 0 Å². The van der Waals surface area contributed by atoms with Gasteiger partial charge >= 0.3 is 0 Å². The van der Waals surface area contributed by atoms with E-state index in [1.807, 2.05) is 66.7 Å². The minimum Gasteiger partial charge on any atom is -0.354 e. The molecule has 0 bridgehead atoms. The number of fused-ring (bicyclic) bond motifs is 11. The van der Waals surface area contributed by atoms with E-state index in [0.29, 0.717) is 11.5 Å². The summed E-state index contributed by atoms with van der Waals surface area (Å²) in [6.07, 6.45) is 2.21. The lowest BCUT2D eigenvalue weighted by atomic mass is 9.70. The molecule has 2 heterocycles. The zero-order chi connectivity index (χ0) is 45.2. The van der Waals surface area contributed by atoms with Gasteiger partial charge in [0.15, 0.2) is 5.82 Å². The first-order valence-electron chi connectivity index (χ1n) is 23.1. The van der Waals surface area contributed by atoms with E-state index in [1.54, 1.807) is 0 Å². The highest BCUT2D eigenvalue weighted by Crippen LogP contribution is 2.63. The van der Waals surface area contributed by atoms with Crippen LogP contribution in [0.1, 0.15) is 50.1 Å². The first-order chi connectivity index (χ1) is 33.6. The van der Waals surface area contributed by atoms with Gasteiger partial charge in [0.25, 0.3) is 0 Å². The summed E-state index contributed by atoms with van der Waals surface area (Å²) in [7, 11) is 0. The van der Waals surface area contributed by atoms with Crippen LogP contribution in [0.3, 0.4) is 0 Å². The molecule has 1 aromatic heterocycles. The van der Waals surface area contributed by atoms with Crippen LogP contribution < -0.4 is 5.32 Å². The number of allylic oxidation sites excluding steroid dienone is 1. The van der Waals surface area contributed by atoms with Gasteiger partial charge in [0.1, 0.15) is 0 Å². The Bertz CT molecular complexity index is 3650. The Morgan fingerprint density at radius 1 is 0.382 bits per heavy atom. The largest absolute Gasteiger partial charge is 0.354 e. The Morgan fingerprint density at radius 2 is 0.868 bits per heavy atom. The standard InChI is InChI=1S/C64H42N4/c65-61(42-21-6-2-7-22-42)60(41-19-4-1-5-20-41)62-48-28-11-10-25-44(48)39-57(66-62)45-26-18-27-46(37-45)58-40-59(68-63(67-58)43-23-8-3-9-24-43)47-35-36-52-51-31-14-17-34-55(51)64(56(52)38-47)53-32-15-12-29-49(53)50-30-13-16-33-54(50)64/h1-40,65-66H/b62-60-,65-61?. The number of hydrogen-bond donors (Lipinski definition) is 2. The van der Waals surface area contributed by atoms with Gasteiger partial charge in [0.05, 0.1) is 28.2 Å². The molecular weight excluding hydrogens is 825 g/mol. The van der Waals surface area contributed by atoms with Crippen molar-refractivity contribution in [1.29, 1.82) is 5.41 Å². The molecule has 2 N–H and O–H groups in total. The molecule has 9 aromatic carbocycles. The fraction of sp³-hybridized carbons (Fsp3) is 0.0156. The lowest BCUT2D eigenvalue weighted by Crippen LogP contribution is -2.25. The number of nitrogens with one attached hydrogen (secondary N) is 2. The van der Waals surface area contributed by atoms with Crippen LogP contribution in [-0.4, -0.2) is 15.7 Å². The third-order valence-corrected chi connectivity index (χ3v) is 13.9. The van der Waals surface area contributed by atoms with Crippen molar-refractivity contribution in [3.05, 3.63) is 287 Å². The van der Waals surface area contributed by atoms with E-state index < -0.39 is 5.41 Å². The molecule has 4 heteroatoms. The summed E-state index contributed by atoms with van der Waals surface area (Å²) in [4.78, 5) is 10.7. The molecule has 318 valence electrons. The SMILES string of the molecule is N=C(/C(=C1\NC(c2cccc(-c3cc(-c4ccc5c(c4)C4(c6ccccc6-c6ccccc64)c4ccccc4-5)nc(-c4ccccc4)n3)c2)=Cc2ccccc21)c1ccccc1)c1ccccc1. The van der Waals surface area contributed by atoms with Crippen LogP contribution in [-0.2, 0) is 5.41 Å². The highest BCUT2D eigenvalue weighted by molar-refractivity contribution is 6.36. The van der Waals surface area contributed by atoms with Crippen LogP contribution in [0.4, 0.5) is 0 Å². The molecule has 4 nitrogen and oxygen atoms in total. The zero-order valence-corrected chi connectivity index (χ0v) is 37.0. The topological polar surface area (TPSA) is 61.7 Å². The minimum atomic E-state index is -0.464. The van der Waals surface area contributed by atoms with Crippen LogP contribution in [0, 0.1) is 5.41 Å². The van der Waals surface area contributed by atoms with Gasteiger partial charge in [-0.05, 0) is 85.5 Å². The van der Waals surface area contributed by atoms with E-state index >= 15 is 0 Å². The molecule has 0 fully saturated rings. The average Bonchev–Trinajstić information content (AvgIpc) is 3.89. The quantitative estimate of drug-likeness (QED) is 0.157. The summed E-state index contributed by atoms with van der Waals surface area (Å²) in [5.41, 5.74) is 22.5. The number of nitrogens with zero attached hydrogens (tertiary/aromatic N) is 2. The van der Waals surface area contributed by atoms with Gasteiger partial charge in [0.2, 0.25) is 0 Å². The van der Waals surface area contributed by atoms with Crippen molar-refractivity contribution in [3.8, 4) is 56.2 Å². The highest BCUT2D eigenvalue weighted by Gasteiger charge is 2.51. The summed E-state index contributed by atoms with van der Waals surface area (Å²) < 4.78 is 0. The smallest absolute Gasteiger partial charge is 0.160 e. The number of hydrogen-bond acceptors (Lipinski definition) is 4. The molecule has 0 unspecified atom stereocenters. The van der Waals surface area contributed by atoms with E-state index in [0.717, 1.165) is 72.9 Å². The predicted octanol–water partition coefficient (Wildman–Crippen LogP) is 14.9. The summed E-state index contributed by atoms with van der Waals surface area (Å²) in [5, 5.41) is 13.5. The maximum Gasteiger partial charge on any atom is 0.160 e. The van der Waals surface area contributed by atoms with E-state index in [9.17, 15) is 5.41 Å². The molecule has 2 aliphatic carbocycles. The van der Waals surface area contributed by atoms with E-state index in [4.69, 9.17) is 9.97 Å². The monoisotopic (exact) mass is 866 g/mol. The number of aromatic nitrogens is 2. The van der Waals surface area contributed by atoms with Gasteiger partial charge in [0, 0.05) is 39.1 Å². The molecule has 0 saturated heterocycles. The molecule has 68 heavy (non-hydrogen) atoms. The molecule has 1 aliphatic heterocycles. The molecule has 3 aliphatic rings.